The Labute approximate surface area is 137 Å². The highest BCUT2D eigenvalue weighted by molar-refractivity contribution is 6.92. The van der Waals surface area contributed by atoms with Gasteiger partial charge in [0.1, 0.15) is 0 Å². The molecule has 0 aliphatic carbocycles. The van der Waals surface area contributed by atoms with E-state index >= 15 is 0 Å². The van der Waals surface area contributed by atoms with Crippen molar-refractivity contribution in [3.05, 3.63) is 60.7 Å². The Morgan fingerprint density at radius 1 is 0.792 bits per heavy atom. The predicted molar refractivity (Wildman–Crippen MR) is 81.6 cm³/mol. The third kappa shape index (κ3) is 3.66. The summed E-state index contributed by atoms with van der Waals surface area (Å²) >= 11 is 0. The van der Waals surface area contributed by atoms with Gasteiger partial charge in [0.25, 0.3) is 0 Å². The van der Waals surface area contributed by atoms with Crippen LogP contribution in [0.4, 0.5) is 22.0 Å². The Hall–Kier alpha value is -1.77. The lowest BCUT2D eigenvalue weighted by molar-refractivity contribution is -0.367. The summed E-state index contributed by atoms with van der Waals surface area (Å²) in [5, 5.41) is 0.337. The van der Waals surface area contributed by atoms with Crippen LogP contribution >= 0.6 is 0 Å². The minimum absolute atomic E-state index is 0.0794. The fourth-order valence-electron chi connectivity index (χ4n) is 2.24. The van der Waals surface area contributed by atoms with Gasteiger partial charge in [-0.1, -0.05) is 60.7 Å². The van der Waals surface area contributed by atoms with E-state index in [1.807, 2.05) is 0 Å². The van der Waals surface area contributed by atoms with Crippen LogP contribution in [0, 0.1) is 0 Å². The van der Waals surface area contributed by atoms with Gasteiger partial charge in [0.2, 0.25) is 0 Å². The van der Waals surface area contributed by atoms with Crippen molar-refractivity contribution >= 4 is 18.9 Å². The van der Waals surface area contributed by atoms with E-state index < -0.39 is 20.8 Å². The SMILES string of the molecule is CCO[Si](OC(F)(F)C(F)(F)F)(c1ccccc1)c1ccccc1. The molecule has 0 saturated heterocycles. The maximum atomic E-state index is 13.7. The minimum Gasteiger partial charge on any atom is -0.388 e. The fraction of sp³-hybridized carbons (Fsp3) is 0.250. The monoisotopic (exact) mass is 362 g/mol. The summed E-state index contributed by atoms with van der Waals surface area (Å²) < 4.78 is 75.6. The molecule has 0 bridgehead atoms. The number of halogens is 5. The molecule has 0 spiro atoms. The molecule has 2 rings (SSSR count). The molecule has 24 heavy (non-hydrogen) atoms. The molecule has 0 fully saturated rings. The third-order valence-corrected chi connectivity index (χ3v) is 6.68. The molecule has 8 heteroatoms. The lowest BCUT2D eigenvalue weighted by Crippen LogP contribution is -2.67. The number of hydrogen-bond acceptors (Lipinski definition) is 2. The lowest BCUT2D eigenvalue weighted by Gasteiger charge is -2.34. The maximum Gasteiger partial charge on any atom is 0.481 e. The first-order chi connectivity index (χ1) is 11.2. The number of alkyl halides is 5. The smallest absolute Gasteiger partial charge is 0.388 e. The number of benzene rings is 2. The van der Waals surface area contributed by atoms with Gasteiger partial charge in [-0.2, -0.15) is 22.0 Å². The Morgan fingerprint density at radius 3 is 1.54 bits per heavy atom. The Morgan fingerprint density at radius 2 is 1.21 bits per heavy atom. The van der Waals surface area contributed by atoms with Crippen LogP contribution in [-0.2, 0) is 8.85 Å². The van der Waals surface area contributed by atoms with Crippen molar-refractivity contribution in [3.8, 4) is 0 Å². The molecule has 0 atom stereocenters. The first-order valence-corrected chi connectivity index (χ1v) is 8.94. The lowest BCUT2D eigenvalue weighted by atomic mass is 10.4. The molecule has 0 radical (unpaired) electrons. The van der Waals surface area contributed by atoms with Crippen molar-refractivity contribution < 1.29 is 30.8 Å². The van der Waals surface area contributed by atoms with E-state index in [0.717, 1.165) is 0 Å². The molecule has 0 aliphatic rings. The van der Waals surface area contributed by atoms with Gasteiger partial charge in [-0.3, -0.25) is 0 Å². The molecular weight excluding hydrogens is 347 g/mol. The zero-order chi connectivity index (χ0) is 17.8. The molecule has 0 heterocycles. The molecule has 0 unspecified atom stereocenters. The van der Waals surface area contributed by atoms with Crippen LogP contribution in [0.25, 0.3) is 0 Å². The van der Waals surface area contributed by atoms with E-state index in [4.69, 9.17) is 4.43 Å². The molecule has 0 aliphatic heterocycles. The van der Waals surface area contributed by atoms with Gasteiger partial charge in [-0.25, -0.2) is 0 Å². The first kappa shape index (κ1) is 18.6. The van der Waals surface area contributed by atoms with Crippen molar-refractivity contribution in [1.82, 2.24) is 0 Å². The maximum absolute atomic E-state index is 13.7. The van der Waals surface area contributed by atoms with Crippen LogP contribution in [0.3, 0.4) is 0 Å². The molecule has 0 N–H and O–H groups in total. The van der Waals surface area contributed by atoms with Crippen molar-refractivity contribution in [2.24, 2.45) is 0 Å². The van der Waals surface area contributed by atoms with Crippen molar-refractivity contribution in [2.45, 2.75) is 19.2 Å². The molecule has 130 valence electrons. The number of hydrogen-bond donors (Lipinski definition) is 0. The normalized spacial score (nSPS) is 13.1. The summed E-state index contributed by atoms with van der Waals surface area (Å²) in [6.45, 7) is 1.44. The van der Waals surface area contributed by atoms with E-state index in [1.54, 1.807) is 12.1 Å². The first-order valence-electron chi connectivity index (χ1n) is 7.12. The highest BCUT2D eigenvalue weighted by Crippen LogP contribution is 2.38. The van der Waals surface area contributed by atoms with E-state index in [9.17, 15) is 22.0 Å². The zero-order valence-electron chi connectivity index (χ0n) is 12.7. The third-order valence-electron chi connectivity index (χ3n) is 3.26. The highest BCUT2D eigenvalue weighted by atomic mass is 28.4. The summed E-state index contributed by atoms with van der Waals surface area (Å²) in [6.07, 6.45) is -11.2. The molecular formula is C16H15F5O2Si. The zero-order valence-corrected chi connectivity index (χ0v) is 13.7. The van der Waals surface area contributed by atoms with Gasteiger partial charge in [0.15, 0.2) is 0 Å². The summed E-state index contributed by atoms with van der Waals surface area (Å²) in [6, 6.07) is 15.1. The van der Waals surface area contributed by atoms with E-state index in [2.05, 4.69) is 4.43 Å². The largest absolute Gasteiger partial charge is 0.481 e. The highest BCUT2D eigenvalue weighted by Gasteiger charge is 2.64. The summed E-state index contributed by atoms with van der Waals surface area (Å²) in [4.78, 5) is 0. The van der Waals surface area contributed by atoms with Gasteiger partial charge in [0.05, 0.1) is 0 Å². The van der Waals surface area contributed by atoms with Gasteiger partial charge < -0.3 is 8.85 Å². The van der Waals surface area contributed by atoms with Crippen molar-refractivity contribution in [3.63, 3.8) is 0 Å². The molecule has 2 nitrogen and oxygen atoms in total. The van der Waals surface area contributed by atoms with Crippen molar-refractivity contribution in [1.29, 1.82) is 0 Å². The second kappa shape index (κ2) is 7.00. The quantitative estimate of drug-likeness (QED) is 0.579. The molecule has 2 aromatic carbocycles. The fourth-order valence-corrected chi connectivity index (χ4v) is 5.34. The molecule has 0 saturated carbocycles. The summed E-state index contributed by atoms with van der Waals surface area (Å²) in [5.41, 5.74) is 0. The van der Waals surface area contributed by atoms with E-state index in [-0.39, 0.29) is 17.0 Å². The number of rotatable bonds is 6. The van der Waals surface area contributed by atoms with E-state index in [0.29, 0.717) is 0 Å². The molecule has 2 aromatic rings. The predicted octanol–water partition coefficient (Wildman–Crippen LogP) is 3.45. The van der Waals surface area contributed by atoms with Crippen LogP contribution in [-0.4, -0.2) is 27.5 Å². The van der Waals surface area contributed by atoms with Crippen LogP contribution in [0.15, 0.2) is 60.7 Å². The van der Waals surface area contributed by atoms with Gasteiger partial charge in [0, 0.05) is 6.61 Å². The summed E-state index contributed by atoms with van der Waals surface area (Å²) in [7, 11) is -4.26. The Kier molecular flexibility index (Phi) is 5.41. The van der Waals surface area contributed by atoms with Gasteiger partial charge >= 0.3 is 20.8 Å². The standard InChI is InChI=1S/C16H15F5O2Si/c1-2-22-24(13-9-5-3-6-10-13,14-11-7-4-8-12-14)23-16(20,21)15(17,18)19/h3-12H,2H2,1H3. The minimum atomic E-state index is -5.84. The van der Waals surface area contributed by atoms with Gasteiger partial charge in [-0.05, 0) is 17.3 Å². The second-order valence-electron chi connectivity index (χ2n) is 4.90. The van der Waals surface area contributed by atoms with Crippen LogP contribution in [0.5, 0.6) is 0 Å². The van der Waals surface area contributed by atoms with E-state index in [1.165, 1.54) is 55.5 Å². The molecule has 0 aromatic heterocycles. The second-order valence-corrected chi connectivity index (χ2v) is 7.78. The average molecular weight is 362 g/mol. The Bertz CT molecular complexity index is 607. The van der Waals surface area contributed by atoms with Gasteiger partial charge in [-0.15, -0.1) is 0 Å². The Balaban J connectivity index is 2.64. The topological polar surface area (TPSA) is 18.5 Å². The van der Waals surface area contributed by atoms with Crippen LogP contribution in [0.1, 0.15) is 6.92 Å². The van der Waals surface area contributed by atoms with Crippen LogP contribution < -0.4 is 10.4 Å². The molecule has 0 amide bonds. The van der Waals surface area contributed by atoms with Crippen LogP contribution in [0.2, 0.25) is 0 Å². The average Bonchev–Trinajstić information content (AvgIpc) is 2.55. The summed E-state index contributed by atoms with van der Waals surface area (Å²) in [5.74, 6) is 0. The van der Waals surface area contributed by atoms with Crippen molar-refractivity contribution in [2.75, 3.05) is 6.61 Å².